The molecule has 1 heteroatoms. The minimum Gasteiger partial charge on any atom is -0.310 e. The Balaban J connectivity index is 1.04. The molecule has 0 aromatic heterocycles. The summed E-state index contributed by atoms with van der Waals surface area (Å²) in [6.07, 6.45) is 0. The van der Waals surface area contributed by atoms with E-state index >= 15 is 0 Å². The van der Waals surface area contributed by atoms with E-state index in [1.54, 1.807) is 0 Å². The highest BCUT2D eigenvalue weighted by molar-refractivity contribution is 6.00. The van der Waals surface area contributed by atoms with Gasteiger partial charge in [0.2, 0.25) is 0 Å². The lowest BCUT2D eigenvalue weighted by Gasteiger charge is -2.27. The van der Waals surface area contributed by atoms with Crippen molar-refractivity contribution in [1.82, 2.24) is 0 Å². The number of hydrogen-bond acceptors (Lipinski definition) is 1. The fourth-order valence-corrected chi connectivity index (χ4v) is 8.17. The lowest BCUT2D eigenvalue weighted by molar-refractivity contribution is 1.30. The van der Waals surface area contributed by atoms with Crippen molar-refractivity contribution >= 4 is 38.6 Å². The van der Waals surface area contributed by atoms with Crippen molar-refractivity contribution in [3.05, 3.63) is 237 Å². The minimum absolute atomic E-state index is 1.10. The van der Waals surface area contributed by atoms with E-state index in [1.807, 2.05) is 0 Å². The Labute approximate surface area is 334 Å². The van der Waals surface area contributed by atoms with Gasteiger partial charge in [-0.05, 0) is 126 Å². The number of fused-ring (bicyclic) bond motifs is 2. The highest BCUT2D eigenvalue weighted by atomic mass is 15.1. The molecule has 0 aliphatic carbocycles. The lowest BCUT2D eigenvalue weighted by atomic mass is 9.93. The number of rotatable bonds is 8. The van der Waals surface area contributed by atoms with Gasteiger partial charge in [0.1, 0.15) is 0 Å². The molecule has 0 aliphatic heterocycles. The van der Waals surface area contributed by atoms with Crippen LogP contribution in [0.25, 0.3) is 77.2 Å². The monoisotopic (exact) mass is 725 g/mol. The zero-order chi connectivity index (χ0) is 38.0. The second kappa shape index (κ2) is 15.0. The smallest absolute Gasteiger partial charge is 0.0540 e. The largest absolute Gasteiger partial charge is 0.310 e. The summed E-state index contributed by atoms with van der Waals surface area (Å²) in [6.45, 7) is 0. The van der Waals surface area contributed by atoms with Gasteiger partial charge in [0.15, 0.2) is 0 Å². The Morgan fingerprint density at radius 1 is 0.228 bits per heavy atom. The Morgan fingerprint density at radius 3 is 1.21 bits per heavy atom. The third-order valence-corrected chi connectivity index (χ3v) is 11.0. The van der Waals surface area contributed by atoms with Crippen LogP contribution in [0.4, 0.5) is 17.1 Å². The molecule has 0 heterocycles. The molecule has 0 amide bonds. The van der Waals surface area contributed by atoms with E-state index < -0.39 is 0 Å². The van der Waals surface area contributed by atoms with Crippen molar-refractivity contribution in [1.29, 1.82) is 0 Å². The summed E-state index contributed by atoms with van der Waals surface area (Å²) in [5.74, 6) is 0. The molecule has 0 aliphatic rings. The second-order valence-corrected chi connectivity index (χ2v) is 14.6. The van der Waals surface area contributed by atoms with Gasteiger partial charge in [-0.25, -0.2) is 0 Å². The summed E-state index contributed by atoms with van der Waals surface area (Å²) >= 11 is 0. The molecule has 0 saturated heterocycles. The topological polar surface area (TPSA) is 3.24 Å². The highest BCUT2D eigenvalue weighted by Crippen LogP contribution is 2.41. The summed E-state index contributed by atoms with van der Waals surface area (Å²) in [4.78, 5) is 2.39. The minimum atomic E-state index is 1.10. The van der Waals surface area contributed by atoms with Gasteiger partial charge in [-0.15, -0.1) is 0 Å². The first-order chi connectivity index (χ1) is 28.2. The van der Waals surface area contributed by atoms with Gasteiger partial charge in [0.25, 0.3) is 0 Å². The first-order valence-corrected chi connectivity index (χ1v) is 19.6. The molecule has 0 N–H and O–H groups in total. The number of hydrogen-bond donors (Lipinski definition) is 0. The fourth-order valence-electron chi connectivity index (χ4n) is 8.17. The van der Waals surface area contributed by atoms with Crippen LogP contribution in [-0.2, 0) is 0 Å². The maximum atomic E-state index is 2.39. The fraction of sp³-hybridized carbons (Fsp3) is 0. The molecule has 1 nitrogen and oxygen atoms in total. The Hall–Kier alpha value is -7.48. The van der Waals surface area contributed by atoms with Crippen LogP contribution in [0.3, 0.4) is 0 Å². The molecule has 10 aromatic rings. The van der Waals surface area contributed by atoms with E-state index in [0.717, 1.165) is 17.1 Å². The Morgan fingerprint density at radius 2 is 0.614 bits per heavy atom. The van der Waals surface area contributed by atoms with Crippen LogP contribution >= 0.6 is 0 Å². The average molecular weight is 726 g/mol. The van der Waals surface area contributed by atoms with Crippen LogP contribution in [0, 0.1) is 0 Å². The molecule has 0 atom stereocenters. The first-order valence-electron chi connectivity index (χ1n) is 19.6. The van der Waals surface area contributed by atoms with E-state index in [-0.39, 0.29) is 0 Å². The van der Waals surface area contributed by atoms with Crippen molar-refractivity contribution in [2.24, 2.45) is 0 Å². The van der Waals surface area contributed by atoms with Gasteiger partial charge in [0, 0.05) is 16.8 Å². The van der Waals surface area contributed by atoms with Crippen molar-refractivity contribution in [2.45, 2.75) is 0 Å². The summed E-state index contributed by atoms with van der Waals surface area (Å²) < 4.78 is 0. The zero-order valence-electron chi connectivity index (χ0n) is 31.5. The van der Waals surface area contributed by atoms with Crippen LogP contribution in [-0.4, -0.2) is 0 Å². The van der Waals surface area contributed by atoms with Crippen molar-refractivity contribution < 1.29 is 0 Å². The molecule has 0 spiro atoms. The van der Waals surface area contributed by atoms with Crippen molar-refractivity contribution in [3.63, 3.8) is 0 Å². The van der Waals surface area contributed by atoms with Crippen LogP contribution in [0.5, 0.6) is 0 Å². The zero-order valence-corrected chi connectivity index (χ0v) is 31.5. The summed E-state index contributed by atoms with van der Waals surface area (Å²) in [5.41, 5.74) is 15.4. The standard InChI is InChI=1S/C56H39N/c1-3-14-40(15-4-1)48-37-49(41-16-5-2-6-17-41)39-50(38-48)43-30-34-52(35-31-43)57(56-27-13-21-45-19-8-10-25-55(45)56)51-32-28-42(29-33-51)46-22-11-23-47(36-46)54-26-12-20-44-18-7-9-24-53(44)54/h1-39H. The third-order valence-electron chi connectivity index (χ3n) is 11.0. The van der Waals surface area contributed by atoms with Gasteiger partial charge in [0.05, 0.1) is 5.69 Å². The Kier molecular flexibility index (Phi) is 8.95. The predicted molar refractivity (Wildman–Crippen MR) is 243 cm³/mol. The number of nitrogens with zero attached hydrogens (tertiary/aromatic N) is 1. The molecule has 0 radical (unpaired) electrons. The second-order valence-electron chi connectivity index (χ2n) is 14.6. The summed E-state index contributed by atoms with van der Waals surface area (Å²) in [7, 11) is 0. The SMILES string of the molecule is c1ccc(-c2cc(-c3ccccc3)cc(-c3ccc(N(c4ccc(-c5cccc(-c6cccc7ccccc67)c5)cc4)c4cccc5ccccc45)cc3)c2)cc1. The van der Waals surface area contributed by atoms with Crippen LogP contribution in [0.2, 0.25) is 0 Å². The number of benzene rings is 10. The quantitative estimate of drug-likeness (QED) is 0.151. The van der Waals surface area contributed by atoms with E-state index in [0.29, 0.717) is 0 Å². The molecule has 10 rings (SSSR count). The van der Waals surface area contributed by atoms with Crippen LogP contribution in [0.15, 0.2) is 237 Å². The predicted octanol–water partition coefficient (Wildman–Crippen LogP) is 15.8. The van der Waals surface area contributed by atoms with Gasteiger partial charge in [-0.2, -0.15) is 0 Å². The third kappa shape index (κ3) is 6.77. The molecule has 268 valence electrons. The summed E-state index contributed by atoms with van der Waals surface area (Å²) in [6, 6.07) is 85.6. The van der Waals surface area contributed by atoms with Gasteiger partial charge in [-0.1, -0.05) is 182 Å². The molecule has 0 fully saturated rings. The number of anilines is 3. The van der Waals surface area contributed by atoms with Gasteiger partial charge in [-0.3, -0.25) is 0 Å². The van der Waals surface area contributed by atoms with E-state index in [1.165, 1.54) is 77.2 Å². The Bertz CT molecular complexity index is 2910. The van der Waals surface area contributed by atoms with E-state index in [4.69, 9.17) is 0 Å². The molecule has 57 heavy (non-hydrogen) atoms. The molecular weight excluding hydrogens is 687 g/mol. The average Bonchev–Trinajstić information content (AvgIpc) is 3.30. The van der Waals surface area contributed by atoms with E-state index in [2.05, 4.69) is 241 Å². The molecule has 0 unspecified atom stereocenters. The molecule has 10 aromatic carbocycles. The van der Waals surface area contributed by atoms with Crippen LogP contribution in [0.1, 0.15) is 0 Å². The molecule has 0 saturated carbocycles. The van der Waals surface area contributed by atoms with Gasteiger partial charge < -0.3 is 4.90 Å². The maximum absolute atomic E-state index is 2.39. The lowest BCUT2D eigenvalue weighted by Crippen LogP contribution is -2.10. The summed E-state index contributed by atoms with van der Waals surface area (Å²) in [5, 5.41) is 4.94. The first kappa shape index (κ1) is 34.0. The normalized spacial score (nSPS) is 11.2. The maximum Gasteiger partial charge on any atom is 0.0540 e. The molecule has 0 bridgehead atoms. The molecular formula is C56H39N. The van der Waals surface area contributed by atoms with Crippen LogP contribution < -0.4 is 4.90 Å². The van der Waals surface area contributed by atoms with Crippen molar-refractivity contribution in [2.75, 3.05) is 4.90 Å². The highest BCUT2D eigenvalue weighted by Gasteiger charge is 2.17. The van der Waals surface area contributed by atoms with Gasteiger partial charge >= 0.3 is 0 Å². The van der Waals surface area contributed by atoms with Crippen molar-refractivity contribution in [3.8, 4) is 55.6 Å². The van der Waals surface area contributed by atoms with E-state index in [9.17, 15) is 0 Å².